The molecule has 0 aromatic carbocycles. The number of amides is 1. The highest BCUT2D eigenvalue weighted by Gasteiger charge is 2.47. The highest BCUT2D eigenvalue weighted by atomic mass is 16.7. The van der Waals surface area contributed by atoms with E-state index in [1.807, 2.05) is 66.8 Å². The largest absolute Gasteiger partial charge is 0.454 e. The fraction of sp³-hybridized carbons (Fsp3) is 0.765. The Morgan fingerprint density at radius 3 is 1.37 bits per heavy atom. The van der Waals surface area contributed by atoms with Crippen LogP contribution < -0.4 is 5.32 Å². The first kappa shape index (κ1) is 73.9. The Morgan fingerprint density at radius 2 is 0.911 bits per heavy atom. The summed E-state index contributed by atoms with van der Waals surface area (Å²) in [5.41, 5.74) is 0. The van der Waals surface area contributed by atoms with Gasteiger partial charge >= 0.3 is 5.97 Å². The average Bonchev–Trinajstić information content (AvgIpc) is 3.47. The van der Waals surface area contributed by atoms with Crippen molar-refractivity contribution in [3.63, 3.8) is 0 Å². The Labute approximate surface area is 483 Å². The fourth-order valence-corrected chi connectivity index (χ4v) is 9.86. The first-order chi connectivity index (χ1) is 38.7. The molecule has 1 heterocycles. The maximum absolute atomic E-state index is 13.4. The van der Waals surface area contributed by atoms with Crippen LogP contribution in [0.3, 0.4) is 0 Å². The molecule has 1 aliphatic rings. The minimum Gasteiger partial charge on any atom is -0.454 e. The molecule has 0 aromatic heterocycles. The van der Waals surface area contributed by atoms with E-state index >= 15 is 0 Å². The summed E-state index contributed by atoms with van der Waals surface area (Å²) >= 11 is 0. The molecule has 0 saturated carbocycles. The molecule has 1 fully saturated rings. The third-order valence-electron chi connectivity index (χ3n) is 15.0. The van der Waals surface area contributed by atoms with Crippen LogP contribution >= 0.6 is 0 Å². The van der Waals surface area contributed by atoms with Crippen LogP contribution in [-0.2, 0) is 23.8 Å². The van der Waals surface area contributed by atoms with Crippen LogP contribution in [0.5, 0.6) is 0 Å². The summed E-state index contributed by atoms with van der Waals surface area (Å²) in [6.45, 7) is 5.63. The molecule has 0 aromatic rings. The van der Waals surface area contributed by atoms with Crippen molar-refractivity contribution < 1.29 is 49.3 Å². The average molecular weight is 1110 g/mol. The number of rotatable bonds is 54. The molecule has 8 atom stereocenters. The van der Waals surface area contributed by atoms with Crippen molar-refractivity contribution in [3.05, 3.63) is 85.1 Å². The van der Waals surface area contributed by atoms with Gasteiger partial charge in [0.2, 0.25) is 5.91 Å². The molecule has 8 unspecified atom stereocenters. The predicted molar refractivity (Wildman–Crippen MR) is 329 cm³/mol. The zero-order valence-corrected chi connectivity index (χ0v) is 50.5. The summed E-state index contributed by atoms with van der Waals surface area (Å²) in [4.78, 5) is 26.5. The topological polar surface area (TPSA) is 175 Å². The SMILES string of the molecule is CC\C=C/C=C/C=C/C=C\C=C\C=C\CCCCCC(=O)OC1C(OCC(NC(=O)C(O)CCCCCCCCCCCCCCCCCCCCCCCC)C(O)/C=C/CCCCCCCCCCC)OC(CO)C(O)C1O. The van der Waals surface area contributed by atoms with Gasteiger partial charge < -0.3 is 45.1 Å². The van der Waals surface area contributed by atoms with Gasteiger partial charge in [0, 0.05) is 6.42 Å². The van der Waals surface area contributed by atoms with E-state index in [-0.39, 0.29) is 19.4 Å². The number of hydrogen-bond acceptors (Lipinski definition) is 10. The number of ether oxygens (including phenoxy) is 3. The van der Waals surface area contributed by atoms with Gasteiger partial charge in [0.1, 0.15) is 24.4 Å². The van der Waals surface area contributed by atoms with Gasteiger partial charge in [0.25, 0.3) is 0 Å². The van der Waals surface area contributed by atoms with E-state index in [4.69, 9.17) is 14.2 Å². The normalized spacial score (nSPS) is 19.4. The molecule has 11 heteroatoms. The van der Waals surface area contributed by atoms with Gasteiger partial charge in [-0.15, -0.1) is 0 Å². The molecular weight excluding hydrogens is 991 g/mol. The van der Waals surface area contributed by atoms with Crippen molar-refractivity contribution in [2.75, 3.05) is 13.2 Å². The van der Waals surface area contributed by atoms with Gasteiger partial charge in [-0.3, -0.25) is 9.59 Å². The van der Waals surface area contributed by atoms with E-state index in [1.165, 1.54) is 161 Å². The highest BCUT2D eigenvalue weighted by Crippen LogP contribution is 2.26. The molecule has 0 bridgehead atoms. The van der Waals surface area contributed by atoms with Gasteiger partial charge in [-0.05, 0) is 44.9 Å². The van der Waals surface area contributed by atoms with Gasteiger partial charge in [0.05, 0.1) is 25.4 Å². The fourth-order valence-electron chi connectivity index (χ4n) is 9.86. The number of allylic oxidation sites excluding steroid dienone is 13. The smallest absolute Gasteiger partial charge is 0.306 e. The summed E-state index contributed by atoms with van der Waals surface area (Å²) < 4.78 is 17.6. The predicted octanol–water partition coefficient (Wildman–Crippen LogP) is 15.7. The lowest BCUT2D eigenvalue weighted by Crippen LogP contribution is -2.61. The number of aliphatic hydroxyl groups is 5. The standard InChI is InChI=1S/C68H119NO10/c1-4-7-10-13-16-19-22-24-26-28-29-30-31-32-34-35-37-40-43-46-49-52-55-61(72)67(76)69-59(60(71)54-51-48-45-42-39-21-18-15-12-9-6-3)58-77-68-66(65(75)64(74)62(57-70)78-68)79-63(73)56-53-50-47-44-41-38-36-33-27-25-23-20-17-14-11-8-5-2/h8,11,14,17,20,23,25,27,33,36,38,41,51,54,59-62,64-66,68,70-72,74-75H,4-7,9-10,12-13,15-16,18-19,21-22,24,26,28-32,34-35,37,39-40,42-50,52-53,55-58H2,1-3H3,(H,69,76)/b11-8-,17-14+,23-20+,27-25-,36-33+,41-38+,54-51+. The van der Waals surface area contributed by atoms with Crippen molar-refractivity contribution in [2.45, 2.75) is 320 Å². The van der Waals surface area contributed by atoms with Crippen molar-refractivity contribution in [2.24, 2.45) is 0 Å². The monoisotopic (exact) mass is 1110 g/mol. The molecule has 1 saturated heterocycles. The van der Waals surface area contributed by atoms with E-state index in [0.717, 1.165) is 64.2 Å². The number of unbranched alkanes of at least 4 members (excludes halogenated alkanes) is 33. The summed E-state index contributed by atoms with van der Waals surface area (Å²) in [7, 11) is 0. The Bertz CT molecular complexity index is 1610. The van der Waals surface area contributed by atoms with E-state index < -0.39 is 67.4 Å². The first-order valence-electron chi connectivity index (χ1n) is 32.4. The lowest BCUT2D eigenvalue weighted by atomic mass is 9.99. The number of carbonyl (C=O) groups is 2. The maximum atomic E-state index is 13.4. The van der Waals surface area contributed by atoms with Crippen molar-refractivity contribution in [1.82, 2.24) is 5.32 Å². The van der Waals surface area contributed by atoms with Crippen molar-refractivity contribution in [1.29, 1.82) is 0 Å². The summed E-state index contributed by atoms with van der Waals surface area (Å²) in [5, 5.41) is 57.0. The quantitative estimate of drug-likeness (QED) is 0.0149. The molecule has 1 aliphatic heterocycles. The summed E-state index contributed by atoms with van der Waals surface area (Å²) in [5.74, 6) is -1.24. The Balaban J connectivity index is 2.64. The Kier molecular flexibility index (Phi) is 51.8. The second kappa shape index (κ2) is 55.4. The van der Waals surface area contributed by atoms with E-state index in [2.05, 4.69) is 38.2 Å². The molecule has 6 N–H and O–H groups in total. The summed E-state index contributed by atoms with van der Waals surface area (Å²) in [6.07, 6.45) is 62.0. The van der Waals surface area contributed by atoms with Gasteiger partial charge in [-0.2, -0.15) is 0 Å². The number of hydrogen-bond donors (Lipinski definition) is 6. The minimum atomic E-state index is -1.64. The molecule has 0 aliphatic carbocycles. The number of aliphatic hydroxyl groups excluding tert-OH is 5. The van der Waals surface area contributed by atoms with Crippen molar-refractivity contribution >= 4 is 11.9 Å². The molecule has 11 nitrogen and oxygen atoms in total. The molecule has 1 rings (SSSR count). The minimum absolute atomic E-state index is 0.0695. The van der Waals surface area contributed by atoms with Gasteiger partial charge in [-0.25, -0.2) is 0 Å². The Hall–Kier alpha value is -3.16. The molecule has 0 spiro atoms. The van der Waals surface area contributed by atoms with Crippen LogP contribution in [0.1, 0.15) is 271 Å². The molecule has 79 heavy (non-hydrogen) atoms. The van der Waals surface area contributed by atoms with Gasteiger partial charge in [-0.1, -0.05) is 305 Å². The lowest BCUT2D eigenvalue weighted by Gasteiger charge is -2.41. The van der Waals surface area contributed by atoms with Crippen LogP contribution in [0.25, 0.3) is 0 Å². The number of nitrogens with one attached hydrogen (secondary N) is 1. The van der Waals surface area contributed by atoms with Gasteiger partial charge in [0.15, 0.2) is 12.4 Å². The first-order valence-corrected chi connectivity index (χ1v) is 32.4. The Morgan fingerprint density at radius 1 is 0.506 bits per heavy atom. The molecule has 1 amide bonds. The zero-order valence-electron chi connectivity index (χ0n) is 50.5. The van der Waals surface area contributed by atoms with Crippen LogP contribution in [0.2, 0.25) is 0 Å². The third-order valence-corrected chi connectivity index (χ3v) is 15.0. The lowest BCUT2D eigenvalue weighted by molar-refractivity contribution is -0.305. The highest BCUT2D eigenvalue weighted by molar-refractivity contribution is 5.80. The third kappa shape index (κ3) is 43.2. The molecule has 456 valence electrons. The second-order valence-corrected chi connectivity index (χ2v) is 22.3. The number of esters is 1. The van der Waals surface area contributed by atoms with E-state index in [0.29, 0.717) is 12.8 Å². The van der Waals surface area contributed by atoms with E-state index in [9.17, 15) is 35.1 Å². The number of carbonyl (C=O) groups excluding carboxylic acids is 2. The zero-order chi connectivity index (χ0) is 57.5. The maximum Gasteiger partial charge on any atom is 0.306 e. The van der Waals surface area contributed by atoms with Crippen LogP contribution in [0.15, 0.2) is 85.1 Å². The van der Waals surface area contributed by atoms with E-state index in [1.54, 1.807) is 6.08 Å². The molecular formula is C68H119NO10. The van der Waals surface area contributed by atoms with Crippen LogP contribution in [0, 0.1) is 0 Å². The summed E-state index contributed by atoms with van der Waals surface area (Å²) in [6, 6.07) is -1.04. The van der Waals surface area contributed by atoms with Crippen LogP contribution in [0.4, 0.5) is 0 Å². The van der Waals surface area contributed by atoms with Crippen LogP contribution in [-0.4, -0.2) is 99.6 Å². The van der Waals surface area contributed by atoms with Crippen molar-refractivity contribution in [3.8, 4) is 0 Å². The second-order valence-electron chi connectivity index (χ2n) is 22.3. The molecule has 0 radical (unpaired) electrons.